The summed E-state index contributed by atoms with van der Waals surface area (Å²) in [5.74, 6) is 0.435. The lowest BCUT2D eigenvalue weighted by Crippen LogP contribution is -2.45. The third-order valence-electron chi connectivity index (χ3n) is 5.70. The van der Waals surface area contributed by atoms with Crippen molar-refractivity contribution in [2.75, 3.05) is 0 Å². The number of aromatic hydroxyl groups is 1. The normalized spacial score (nSPS) is 14.5. The molecule has 0 amide bonds. The monoisotopic (exact) mass is 388 g/mol. The van der Waals surface area contributed by atoms with Crippen LogP contribution >= 0.6 is 11.3 Å². The van der Waals surface area contributed by atoms with Gasteiger partial charge in [-0.1, -0.05) is 67.6 Å². The van der Waals surface area contributed by atoms with Gasteiger partial charge in [-0.2, -0.15) is 11.3 Å². The highest BCUT2D eigenvalue weighted by Crippen LogP contribution is 2.42. The number of benzene rings is 1. The molecule has 26 heavy (non-hydrogen) atoms. The van der Waals surface area contributed by atoms with Gasteiger partial charge >= 0.3 is 0 Å². The van der Waals surface area contributed by atoms with Crippen LogP contribution in [0.4, 0.5) is 0 Å². The molecule has 1 aromatic carbocycles. The molecule has 1 N–H and O–H groups in total. The fraction of sp³-hybridized carbons (Fsp3) is 0.565. The third kappa shape index (κ3) is 4.09. The van der Waals surface area contributed by atoms with E-state index in [0.717, 1.165) is 5.56 Å². The molecule has 1 aromatic heterocycles. The highest BCUT2D eigenvalue weighted by molar-refractivity contribution is 7.25. The quantitative estimate of drug-likeness (QED) is 0.586. The molecule has 1 unspecified atom stereocenters. The lowest BCUT2D eigenvalue weighted by atomic mass is 9.78. The SMILES string of the molecule is Cc1csc([Si](C)(C)C(C)c2cc(C(C)(C)C)c(O)cc2C(C)(C)C)c1. The van der Waals surface area contributed by atoms with Crippen molar-refractivity contribution in [1.82, 2.24) is 0 Å². The van der Waals surface area contributed by atoms with Crippen LogP contribution in [-0.2, 0) is 10.8 Å². The molecule has 2 aromatic rings. The van der Waals surface area contributed by atoms with E-state index in [-0.39, 0.29) is 10.8 Å². The standard InChI is InChI=1S/C23H36OSSi/c1-15-11-21(25-14-15)26(9,10)16(2)17-12-19(23(6,7)8)20(24)13-18(17)22(3,4)5/h11-14,16,24H,1-10H3. The highest BCUT2D eigenvalue weighted by Gasteiger charge is 2.36. The summed E-state index contributed by atoms with van der Waals surface area (Å²) in [6.07, 6.45) is 0. The van der Waals surface area contributed by atoms with Crippen LogP contribution in [0.2, 0.25) is 13.1 Å². The predicted molar refractivity (Wildman–Crippen MR) is 120 cm³/mol. The summed E-state index contributed by atoms with van der Waals surface area (Å²) in [4.78, 5) is 0. The van der Waals surface area contributed by atoms with Gasteiger partial charge in [0.15, 0.2) is 0 Å². The van der Waals surface area contributed by atoms with Gasteiger partial charge in [0.25, 0.3) is 0 Å². The molecular formula is C23H36OSSi. The summed E-state index contributed by atoms with van der Waals surface area (Å²) in [5.41, 5.74) is 5.55. The molecule has 0 spiro atoms. The first kappa shape index (κ1) is 21.2. The molecule has 2 rings (SSSR count). The molecule has 0 saturated heterocycles. The topological polar surface area (TPSA) is 20.2 Å². The minimum atomic E-state index is -1.68. The molecule has 0 aliphatic carbocycles. The summed E-state index contributed by atoms with van der Waals surface area (Å²) in [5, 5.41) is 13.0. The van der Waals surface area contributed by atoms with Crippen molar-refractivity contribution in [3.05, 3.63) is 45.8 Å². The Kier molecular flexibility index (Phi) is 5.58. The van der Waals surface area contributed by atoms with Crippen LogP contribution in [0.3, 0.4) is 0 Å². The highest BCUT2D eigenvalue weighted by atomic mass is 32.1. The molecule has 0 aliphatic heterocycles. The zero-order valence-corrected chi connectivity index (χ0v) is 20.1. The van der Waals surface area contributed by atoms with Crippen molar-refractivity contribution in [3.63, 3.8) is 0 Å². The fourth-order valence-corrected chi connectivity index (χ4v) is 8.18. The Hall–Kier alpha value is -1.06. The van der Waals surface area contributed by atoms with Gasteiger partial charge in [-0.05, 0) is 67.6 Å². The fourth-order valence-electron chi connectivity index (χ4n) is 3.58. The molecular weight excluding hydrogens is 352 g/mol. The van der Waals surface area contributed by atoms with Crippen molar-refractivity contribution in [2.45, 2.75) is 84.9 Å². The van der Waals surface area contributed by atoms with Gasteiger partial charge in [0, 0.05) is 0 Å². The largest absolute Gasteiger partial charge is 0.508 e. The van der Waals surface area contributed by atoms with E-state index in [9.17, 15) is 5.11 Å². The number of thiophene rings is 1. The molecule has 1 atom stereocenters. The number of aryl methyl sites for hydroxylation is 1. The van der Waals surface area contributed by atoms with Crippen LogP contribution < -0.4 is 4.50 Å². The third-order valence-corrected chi connectivity index (χ3v) is 12.4. The Morgan fingerprint density at radius 1 is 0.923 bits per heavy atom. The lowest BCUT2D eigenvalue weighted by Gasteiger charge is -2.35. The molecule has 0 fully saturated rings. The van der Waals surface area contributed by atoms with E-state index in [1.54, 1.807) is 4.50 Å². The minimum Gasteiger partial charge on any atom is -0.508 e. The smallest absolute Gasteiger partial charge is 0.119 e. The molecule has 0 radical (unpaired) electrons. The Balaban J connectivity index is 2.69. The number of hydrogen-bond donors (Lipinski definition) is 1. The summed E-state index contributed by atoms with van der Waals surface area (Å²) >= 11 is 1.92. The molecule has 144 valence electrons. The molecule has 0 saturated carbocycles. The van der Waals surface area contributed by atoms with Crippen molar-refractivity contribution in [3.8, 4) is 5.75 Å². The maximum Gasteiger partial charge on any atom is 0.119 e. The van der Waals surface area contributed by atoms with Crippen molar-refractivity contribution in [2.24, 2.45) is 0 Å². The van der Waals surface area contributed by atoms with E-state index in [1.807, 2.05) is 17.4 Å². The van der Waals surface area contributed by atoms with Crippen LogP contribution in [0.25, 0.3) is 0 Å². The number of rotatable bonds is 3. The van der Waals surface area contributed by atoms with Crippen LogP contribution in [0.15, 0.2) is 23.6 Å². The van der Waals surface area contributed by atoms with E-state index in [2.05, 4.69) is 86.0 Å². The van der Waals surface area contributed by atoms with Gasteiger partial charge in [0.2, 0.25) is 0 Å². The van der Waals surface area contributed by atoms with E-state index < -0.39 is 8.07 Å². The maximum atomic E-state index is 10.7. The molecule has 3 heteroatoms. The van der Waals surface area contributed by atoms with Crippen LogP contribution in [-0.4, -0.2) is 13.2 Å². The number of phenols is 1. The van der Waals surface area contributed by atoms with E-state index >= 15 is 0 Å². The van der Waals surface area contributed by atoms with Crippen molar-refractivity contribution >= 4 is 23.9 Å². The second-order valence-electron chi connectivity index (χ2n) is 10.4. The summed E-state index contributed by atoms with van der Waals surface area (Å²) in [6.45, 7) is 22.8. The second kappa shape index (κ2) is 6.83. The summed E-state index contributed by atoms with van der Waals surface area (Å²) in [6, 6.07) is 6.72. The Morgan fingerprint density at radius 2 is 1.46 bits per heavy atom. The van der Waals surface area contributed by atoms with Crippen LogP contribution in [0.1, 0.15) is 76.3 Å². The molecule has 1 nitrogen and oxygen atoms in total. The van der Waals surface area contributed by atoms with E-state index in [1.165, 1.54) is 16.7 Å². The average Bonchev–Trinajstić information content (AvgIpc) is 2.91. The van der Waals surface area contributed by atoms with E-state index in [0.29, 0.717) is 11.3 Å². The number of hydrogen-bond acceptors (Lipinski definition) is 2. The predicted octanol–water partition coefficient (Wildman–Crippen LogP) is 6.62. The Labute approximate surface area is 165 Å². The molecule has 0 bridgehead atoms. The first-order chi connectivity index (χ1) is 11.7. The van der Waals surface area contributed by atoms with E-state index in [4.69, 9.17) is 0 Å². The Bertz CT molecular complexity index is 788. The minimum absolute atomic E-state index is 0.00728. The lowest BCUT2D eigenvalue weighted by molar-refractivity contribution is 0.442. The van der Waals surface area contributed by atoms with Crippen molar-refractivity contribution < 1.29 is 5.11 Å². The average molecular weight is 389 g/mol. The van der Waals surface area contributed by atoms with Gasteiger partial charge < -0.3 is 5.11 Å². The van der Waals surface area contributed by atoms with Gasteiger partial charge in [0.05, 0.1) is 0 Å². The van der Waals surface area contributed by atoms with Gasteiger partial charge in [-0.25, -0.2) is 0 Å². The van der Waals surface area contributed by atoms with Gasteiger partial charge in [-0.15, -0.1) is 0 Å². The Morgan fingerprint density at radius 3 is 1.88 bits per heavy atom. The van der Waals surface area contributed by atoms with Gasteiger partial charge in [0.1, 0.15) is 13.8 Å². The summed E-state index contributed by atoms with van der Waals surface area (Å²) in [7, 11) is -1.68. The van der Waals surface area contributed by atoms with Crippen LogP contribution in [0.5, 0.6) is 5.75 Å². The van der Waals surface area contributed by atoms with Gasteiger partial charge in [-0.3, -0.25) is 0 Å². The molecule has 1 heterocycles. The van der Waals surface area contributed by atoms with Crippen LogP contribution in [0, 0.1) is 6.92 Å². The second-order valence-corrected chi connectivity index (χ2v) is 16.5. The first-order valence-electron chi connectivity index (χ1n) is 9.59. The zero-order valence-electron chi connectivity index (χ0n) is 18.2. The zero-order chi connectivity index (χ0) is 20.1. The van der Waals surface area contributed by atoms with Crippen molar-refractivity contribution in [1.29, 1.82) is 0 Å². The first-order valence-corrected chi connectivity index (χ1v) is 13.5. The summed E-state index contributed by atoms with van der Waals surface area (Å²) < 4.78 is 1.56. The maximum absolute atomic E-state index is 10.7. The number of phenolic OH excluding ortho intramolecular Hbond substituents is 1. The molecule has 0 aliphatic rings.